The topological polar surface area (TPSA) is 69.0 Å². The van der Waals surface area contributed by atoms with Crippen molar-refractivity contribution < 1.29 is 9.53 Å². The normalized spacial score (nSPS) is 10.8. The summed E-state index contributed by atoms with van der Waals surface area (Å²) in [5.74, 6) is 0.335. The molecule has 0 fully saturated rings. The van der Waals surface area contributed by atoms with Gasteiger partial charge in [-0.1, -0.05) is 18.5 Å². The molecule has 0 saturated carbocycles. The molecule has 0 atom stereocenters. The van der Waals surface area contributed by atoms with Crippen LogP contribution in [0.4, 0.5) is 5.69 Å². The molecule has 0 saturated heterocycles. The summed E-state index contributed by atoms with van der Waals surface area (Å²) in [5.41, 5.74) is 2.43. The van der Waals surface area contributed by atoms with Gasteiger partial charge in [0.05, 0.1) is 23.5 Å². The van der Waals surface area contributed by atoms with Crippen LogP contribution in [0.5, 0.6) is 5.75 Å². The number of anilines is 1. The van der Waals surface area contributed by atoms with Gasteiger partial charge in [-0.05, 0) is 30.7 Å². The van der Waals surface area contributed by atoms with Crippen molar-refractivity contribution in [2.24, 2.45) is 7.05 Å². The van der Waals surface area contributed by atoms with Crippen LogP contribution in [0.15, 0.2) is 36.8 Å². The maximum atomic E-state index is 12.4. The molecule has 1 amide bonds. The number of carbonyl (C=O) groups excluding carboxylic acids is 1. The Labute approximate surface area is 144 Å². The van der Waals surface area contributed by atoms with Gasteiger partial charge < -0.3 is 14.6 Å². The lowest BCUT2D eigenvalue weighted by molar-refractivity contribution is 0.102. The molecule has 0 bridgehead atoms. The van der Waals surface area contributed by atoms with Crippen LogP contribution >= 0.6 is 11.6 Å². The van der Waals surface area contributed by atoms with Gasteiger partial charge in [0.2, 0.25) is 0 Å². The summed E-state index contributed by atoms with van der Waals surface area (Å²) in [5, 5.41) is 3.26. The van der Waals surface area contributed by atoms with E-state index in [1.165, 1.54) is 6.20 Å². The number of ether oxygens (including phenoxy) is 1. The van der Waals surface area contributed by atoms with E-state index < -0.39 is 0 Å². The highest BCUT2D eigenvalue weighted by Crippen LogP contribution is 2.28. The van der Waals surface area contributed by atoms with E-state index in [2.05, 4.69) is 15.3 Å². The Hall–Kier alpha value is -2.60. The second kappa shape index (κ2) is 6.88. The molecule has 2 aromatic heterocycles. The molecule has 0 aliphatic rings. The summed E-state index contributed by atoms with van der Waals surface area (Å²) in [4.78, 5) is 20.8. The van der Waals surface area contributed by atoms with E-state index in [4.69, 9.17) is 16.3 Å². The Morgan fingerprint density at radius 3 is 2.92 bits per heavy atom. The number of pyridine rings is 1. The first kappa shape index (κ1) is 16.3. The first-order chi connectivity index (χ1) is 11.6. The fourth-order valence-corrected chi connectivity index (χ4v) is 2.49. The average Bonchev–Trinajstić information content (AvgIpc) is 2.95. The predicted molar refractivity (Wildman–Crippen MR) is 93.7 cm³/mol. The molecule has 3 rings (SSSR count). The van der Waals surface area contributed by atoms with E-state index in [9.17, 15) is 4.79 Å². The number of benzene rings is 1. The number of nitrogens with zero attached hydrogens (tertiary/aromatic N) is 3. The summed E-state index contributed by atoms with van der Waals surface area (Å²) in [6.07, 6.45) is 4.09. The number of aryl methyl sites for hydroxylation is 1. The van der Waals surface area contributed by atoms with Gasteiger partial charge in [0.15, 0.2) is 5.65 Å². The van der Waals surface area contributed by atoms with Gasteiger partial charge in [-0.3, -0.25) is 4.79 Å². The molecule has 1 N–H and O–H groups in total. The number of carbonyl (C=O) groups is 1. The number of rotatable bonds is 5. The minimum atomic E-state index is -0.270. The third-order valence-corrected chi connectivity index (χ3v) is 3.76. The van der Waals surface area contributed by atoms with Crippen LogP contribution in [-0.2, 0) is 7.05 Å². The lowest BCUT2D eigenvalue weighted by Gasteiger charge is -2.10. The second-order valence-corrected chi connectivity index (χ2v) is 5.78. The molecule has 6 nitrogen and oxygen atoms in total. The molecule has 7 heteroatoms. The molecule has 124 valence electrons. The molecule has 0 aliphatic heterocycles. The highest BCUT2D eigenvalue weighted by Gasteiger charge is 2.11. The molecular weight excluding hydrogens is 328 g/mol. The number of aromatic nitrogens is 3. The van der Waals surface area contributed by atoms with Crippen molar-refractivity contribution in [2.75, 3.05) is 11.9 Å². The van der Waals surface area contributed by atoms with E-state index in [0.717, 1.165) is 12.1 Å². The maximum absolute atomic E-state index is 12.4. The average molecular weight is 345 g/mol. The molecular formula is C17H17ClN4O2. The second-order valence-electron chi connectivity index (χ2n) is 5.37. The van der Waals surface area contributed by atoms with Gasteiger partial charge in [-0.15, -0.1) is 0 Å². The fourth-order valence-electron chi connectivity index (χ4n) is 2.25. The summed E-state index contributed by atoms with van der Waals surface area (Å²) in [6, 6.07) is 6.87. The van der Waals surface area contributed by atoms with Crippen molar-refractivity contribution in [3.63, 3.8) is 0 Å². The lowest BCUT2D eigenvalue weighted by Crippen LogP contribution is -2.12. The summed E-state index contributed by atoms with van der Waals surface area (Å²) in [7, 11) is 1.85. The lowest BCUT2D eigenvalue weighted by atomic mass is 10.2. The zero-order valence-corrected chi connectivity index (χ0v) is 14.2. The number of fused-ring (bicyclic) bond motifs is 1. The Morgan fingerprint density at radius 2 is 2.17 bits per heavy atom. The number of imidazole rings is 1. The SMILES string of the molecule is CCCOc1ccc(NC(=O)c2cnc3c(c2)ncn3C)cc1Cl. The number of hydrogen-bond donors (Lipinski definition) is 1. The van der Waals surface area contributed by atoms with E-state index >= 15 is 0 Å². The van der Waals surface area contributed by atoms with Crippen LogP contribution in [0.3, 0.4) is 0 Å². The van der Waals surface area contributed by atoms with Crippen molar-refractivity contribution >= 4 is 34.4 Å². The highest BCUT2D eigenvalue weighted by molar-refractivity contribution is 6.32. The summed E-state index contributed by atoms with van der Waals surface area (Å²) >= 11 is 6.17. The Kier molecular flexibility index (Phi) is 4.66. The van der Waals surface area contributed by atoms with Crippen molar-refractivity contribution in [2.45, 2.75) is 13.3 Å². The van der Waals surface area contributed by atoms with E-state index in [1.807, 2.05) is 14.0 Å². The van der Waals surface area contributed by atoms with Gasteiger partial charge in [-0.25, -0.2) is 9.97 Å². The van der Waals surface area contributed by atoms with Crippen molar-refractivity contribution in [1.29, 1.82) is 0 Å². The van der Waals surface area contributed by atoms with Crippen LogP contribution in [-0.4, -0.2) is 27.0 Å². The van der Waals surface area contributed by atoms with Crippen LogP contribution in [0.1, 0.15) is 23.7 Å². The zero-order chi connectivity index (χ0) is 17.1. The van der Waals surface area contributed by atoms with E-state index in [-0.39, 0.29) is 5.91 Å². The van der Waals surface area contributed by atoms with Crippen LogP contribution in [0, 0.1) is 0 Å². The summed E-state index contributed by atoms with van der Waals surface area (Å²) in [6.45, 7) is 2.62. The molecule has 0 aliphatic carbocycles. The van der Waals surface area contributed by atoms with Crippen LogP contribution in [0.25, 0.3) is 11.2 Å². The number of hydrogen-bond acceptors (Lipinski definition) is 4. The standard InChI is InChI=1S/C17H17ClN4O2/c1-3-6-24-15-5-4-12(8-13(15)18)21-17(23)11-7-14-16(19-9-11)22(2)10-20-14/h4-5,7-10H,3,6H2,1-2H3,(H,21,23). The fraction of sp³-hybridized carbons (Fsp3) is 0.235. The quantitative estimate of drug-likeness (QED) is 0.766. The predicted octanol–water partition coefficient (Wildman–Crippen LogP) is 3.66. The highest BCUT2D eigenvalue weighted by atomic mass is 35.5. The molecule has 0 radical (unpaired) electrons. The van der Waals surface area contributed by atoms with E-state index in [1.54, 1.807) is 35.2 Å². The summed E-state index contributed by atoms with van der Waals surface area (Å²) < 4.78 is 7.31. The minimum Gasteiger partial charge on any atom is -0.492 e. The molecule has 2 heterocycles. The van der Waals surface area contributed by atoms with Crippen molar-refractivity contribution in [3.05, 3.63) is 47.4 Å². The first-order valence-corrected chi connectivity index (χ1v) is 7.97. The number of halogens is 1. The van der Waals surface area contributed by atoms with Gasteiger partial charge >= 0.3 is 0 Å². The Bertz CT molecular complexity index is 891. The number of nitrogens with one attached hydrogen (secondary N) is 1. The van der Waals surface area contributed by atoms with Crippen molar-refractivity contribution in [3.8, 4) is 5.75 Å². The molecule has 1 aromatic carbocycles. The molecule has 0 spiro atoms. The van der Waals surface area contributed by atoms with Crippen molar-refractivity contribution in [1.82, 2.24) is 14.5 Å². The van der Waals surface area contributed by atoms with Crippen LogP contribution < -0.4 is 10.1 Å². The maximum Gasteiger partial charge on any atom is 0.257 e. The monoisotopic (exact) mass is 344 g/mol. The van der Waals surface area contributed by atoms with Crippen LogP contribution in [0.2, 0.25) is 5.02 Å². The van der Waals surface area contributed by atoms with E-state index in [0.29, 0.717) is 34.1 Å². The van der Waals surface area contributed by atoms with Gasteiger partial charge in [-0.2, -0.15) is 0 Å². The first-order valence-electron chi connectivity index (χ1n) is 7.59. The Morgan fingerprint density at radius 1 is 1.33 bits per heavy atom. The number of amides is 1. The van der Waals surface area contributed by atoms with Gasteiger partial charge in [0.1, 0.15) is 11.3 Å². The smallest absolute Gasteiger partial charge is 0.257 e. The largest absolute Gasteiger partial charge is 0.492 e. The van der Waals surface area contributed by atoms with Gasteiger partial charge in [0, 0.05) is 18.9 Å². The molecule has 3 aromatic rings. The zero-order valence-electron chi connectivity index (χ0n) is 13.4. The third kappa shape index (κ3) is 3.33. The third-order valence-electron chi connectivity index (χ3n) is 3.46. The molecule has 0 unspecified atom stereocenters. The molecule has 24 heavy (non-hydrogen) atoms. The minimum absolute atomic E-state index is 0.270. The van der Waals surface area contributed by atoms with Gasteiger partial charge in [0.25, 0.3) is 5.91 Å². The Balaban J connectivity index is 1.76.